The molecule has 0 aliphatic carbocycles. The Bertz CT molecular complexity index is 977. The molecule has 0 saturated heterocycles. The van der Waals surface area contributed by atoms with Gasteiger partial charge in [-0.25, -0.2) is 4.39 Å². The first-order chi connectivity index (χ1) is 13.0. The van der Waals surface area contributed by atoms with Crippen LogP contribution >= 0.6 is 11.3 Å². The number of benzene rings is 2. The molecule has 4 nitrogen and oxygen atoms in total. The summed E-state index contributed by atoms with van der Waals surface area (Å²) in [5.74, 6) is -0.545. The molecule has 0 fully saturated rings. The molecule has 6 heteroatoms. The topological polar surface area (TPSA) is 69.9 Å². The Morgan fingerprint density at radius 1 is 1.15 bits per heavy atom. The number of aliphatic hydroxyl groups is 3. The van der Waals surface area contributed by atoms with Crippen LogP contribution in [0.2, 0.25) is 0 Å². The van der Waals surface area contributed by atoms with Gasteiger partial charge in [-0.05, 0) is 41.3 Å². The van der Waals surface area contributed by atoms with Gasteiger partial charge in [-0.2, -0.15) is 0 Å². The number of hydrogen-bond acceptors (Lipinski definition) is 5. The monoisotopic (exact) mass is 386 g/mol. The van der Waals surface area contributed by atoms with Gasteiger partial charge in [0.15, 0.2) is 11.5 Å². The van der Waals surface area contributed by atoms with Crippen molar-refractivity contribution in [3.8, 4) is 0 Å². The Balaban J connectivity index is 1.68. The molecule has 1 aliphatic rings. The van der Waals surface area contributed by atoms with Gasteiger partial charge in [-0.3, -0.25) is 0 Å². The summed E-state index contributed by atoms with van der Waals surface area (Å²) in [4.78, 5) is 1.03. The van der Waals surface area contributed by atoms with Gasteiger partial charge in [0, 0.05) is 28.0 Å². The molecule has 0 saturated carbocycles. The van der Waals surface area contributed by atoms with Crippen molar-refractivity contribution in [1.29, 1.82) is 0 Å². The van der Waals surface area contributed by atoms with Gasteiger partial charge in [0.25, 0.3) is 0 Å². The summed E-state index contributed by atoms with van der Waals surface area (Å²) in [6.07, 6.45) is -1.19. The second-order valence-electron chi connectivity index (χ2n) is 6.62. The maximum absolute atomic E-state index is 14.4. The van der Waals surface area contributed by atoms with Crippen LogP contribution in [0.1, 0.15) is 22.4 Å². The molecule has 2 heterocycles. The van der Waals surface area contributed by atoms with E-state index in [0.717, 1.165) is 15.0 Å². The minimum Gasteiger partial charge on any atom is -0.506 e. The molecule has 0 bridgehead atoms. The second kappa shape index (κ2) is 7.31. The standard InChI is InChI=1S/C21H19FO4S/c22-17-6-5-13(21-20(25)18(24)10-15(11-23)26-21)7-14(17)9-16-8-12-3-1-2-4-19(12)27-16/h1-8,15,18,23-25H,9-11H2/t15?,18-/m0/s1. The molecule has 0 spiro atoms. The fourth-order valence-electron chi connectivity index (χ4n) is 3.28. The zero-order valence-electron chi connectivity index (χ0n) is 14.4. The molecule has 27 heavy (non-hydrogen) atoms. The third-order valence-electron chi connectivity index (χ3n) is 4.67. The van der Waals surface area contributed by atoms with E-state index in [-0.39, 0.29) is 30.4 Å². The van der Waals surface area contributed by atoms with E-state index in [1.54, 1.807) is 17.4 Å². The number of hydrogen-bond donors (Lipinski definition) is 3. The van der Waals surface area contributed by atoms with Gasteiger partial charge in [0.1, 0.15) is 18.0 Å². The zero-order valence-corrected chi connectivity index (χ0v) is 15.2. The maximum atomic E-state index is 14.4. The molecular formula is C21H19FO4S. The molecular weight excluding hydrogens is 367 g/mol. The molecule has 2 atom stereocenters. The first kappa shape index (κ1) is 18.0. The number of rotatable bonds is 4. The SMILES string of the molecule is OCC1C[C@H](O)C(O)=C(c2ccc(F)c(Cc3cc4ccccc4s3)c2)O1. The summed E-state index contributed by atoms with van der Waals surface area (Å²) in [5.41, 5.74) is 0.950. The normalized spacial score (nSPS) is 20.1. The third-order valence-corrected chi connectivity index (χ3v) is 5.79. The lowest BCUT2D eigenvalue weighted by atomic mass is 10.00. The summed E-state index contributed by atoms with van der Waals surface area (Å²) >= 11 is 1.61. The molecule has 0 radical (unpaired) electrons. The lowest BCUT2D eigenvalue weighted by Crippen LogP contribution is -2.31. The van der Waals surface area contributed by atoms with Gasteiger partial charge in [-0.15, -0.1) is 11.3 Å². The van der Waals surface area contributed by atoms with Crippen LogP contribution in [0.25, 0.3) is 15.8 Å². The molecule has 140 valence electrons. The first-order valence-corrected chi connectivity index (χ1v) is 9.51. The van der Waals surface area contributed by atoms with Crippen molar-refractivity contribution in [2.45, 2.75) is 25.0 Å². The Hall–Kier alpha value is -2.41. The predicted octanol–water partition coefficient (Wildman–Crippen LogP) is 4.00. The van der Waals surface area contributed by atoms with E-state index in [0.29, 0.717) is 17.5 Å². The van der Waals surface area contributed by atoms with E-state index in [9.17, 15) is 19.7 Å². The van der Waals surface area contributed by atoms with Crippen LogP contribution in [0.15, 0.2) is 54.3 Å². The fourth-order valence-corrected chi connectivity index (χ4v) is 4.37. The van der Waals surface area contributed by atoms with Crippen LogP contribution in [0.5, 0.6) is 0 Å². The smallest absolute Gasteiger partial charge is 0.167 e. The van der Waals surface area contributed by atoms with Crippen molar-refractivity contribution >= 4 is 27.2 Å². The molecule has 1 aliphatic heterocycles. The van der Waals surface area contributed by atoms with E-state index in [4.69, 9.17) is 4.74 Å². The van der Waals surface area contributed by atoms with Crippen LogP contribution in [0, 0.1) is 5.82 Å². The fraction of sp³-hybridized carbons (Fsp3) is 0.238. The van der Waals surface area contributed by atoms with E-state index in [2.05, 4.69) is 0 Å². The highest BCUT2D eigenvalue weighted by Gasteiger charge is 2.30. The van der Waals surface area contributed by atoms with Crippen molar-refractivity contribution < 1.29 is 24.4 Å². The van der Waals surface area contributed by atoms with Crippen molar-refractivity contribution in [3.63, 3.8) is 0 Å². The van der Waals surface area contributed by atoms with Crippen molar-refractivity contribution in [2.24, 2.45) is 0 Å². The Kier molecular flexibility index (Phi) is 4.86. The third kappa shape index (κ3) is 3.56. The summed E-state index contributed by atoms with van der Waals surface area (Å²) in [6, 6.07) is 14.5. The molecule has 3 N–H and O–H groups in total. The number of aliphatic hydroxyl groups excluding tert-OH is 3. The summed E-state index contributed by atoms with van der Waals surface area (Å²) < 4.78 is 21.1. The largest absolute Gasteiger partial charge is 0.506 e. The lowest BCUT2D eigenvalue weighted by molar-refractivity contribution is 0.0125. The first-order valence-electron chi connectivity index (χ1n) is 8.70. The van der Waals surface area contributed by atoms with E-state index in [1.165, 1.54) is 12.1 Å². The zero-order chi connectivity index (χ0) is 19.0. The summed E-state index contributed by atoms with van der Waals surface area (Å²) in [7, 11) is 0. The highest BCUT2D eigenvalue weighted by Crippen LogP contribution is 2.32. The number of thiophene rings is 1. The van der Waals surface area contributed by atoms with Gasteiger partial charge in [-0.1, -0.05) is 18.2 Å². The molecule has 1 aromatic heterocycles. The van der Waals surface area contributed by atoms with Crippen molar-refractivity contribution in [1.82, 2.24) is 0 Å². The second-order valence-corrected chi connectivity index (χ2v) is 7.79. The van der Waals surface area contributed by atoms with Gasteiger partial charge < -0.3 is 20.1 Å². The number of fused-ring (bicyclic) bond motifs is 1. The van der Waals surface area contributed by atoms with Crippen molar-refractivity contribution in [2.75, 3.05) is 6.61 Å². The molecule has 4 rings (SSSR count). The lowest BCUT2D eigenvalue weighted by Gasteiger charge is -2.28. The Labute approximate surface area is 159 Å². The highest BCUT2D eigenvalue weighted by atomic mass is 32.1. The maximum Gasteiger partial charge on any atom is 0.167 e. The summed E-state index contributed by atoms with van der Waals surface area (Å²) in [6.45, 7) is -0.274. The van der Waals surface area contributed by atoms with Crippen LogP contribution < -0.4 is 0 Å². The molecule has 1 unspecified atom stereocenters. The van der Waals surface area contributed by atoms with Crippen molar-refractivity contribution in [3.05, 3.63) is 76.1 Å². The Morgan fingerprint density at radius 3 is 2.74 bits per heavy atom. The minimum atomic E-state index is -1.11. The van der Waals surface area contributed by atoms with Gasteiger partial charge in [0.05, 0.1) is 6.61 Å². The van der Waals surface area contributed by atoms with Crippen LogP contribution in [0.3, 0.4) is 0 Å². The van der Waals surface area contributed by atoms with Gasteiger partial charge in [0.2, 0.25) is 0 Å². The quantitative estimate of drug-likeness (QED) is 0.634. The van der Waals surface area contributed by atoms with Crippen LogP contribution in [-0.4, -0.2) is 34.1 Å². The predicted molar refractivity (Wildman–Crippen MR) is 103 cm³/mol. The average molecular weight is 386 g/mol. The van der Waals surface area contributed by atoms with Crippen LogP contribution in [-0.2, 0) is 11.2 Å². The average Bonchev–Trinajstić information content (AvgIpc) is 3.08. The van der Waals surface area contributed by atoms with Gasteiger partial charge >= 0.3 is 0 Å². The van der Waals surface area contributed by atoms with E-state index in [1.807, 2.05) is 30.3 Å². The minimum absolute atomic E-state index is 0.0883. The van der Waals surface area contributed by atoms with E-state index < -0.39 is 12.2 Å². The molecule has 2 aromatic carbocycles. The molecule has 3 aromatic rings. The highest BCUT2D eigenvalue weighted by molar-refractivity contribution is 7.19. The Morgan fingerprint density at radius 2 is 1.96 bits per heavy atom. The molecule has 0 amide bonds. The number of halogens is 1. The number of ether oxygens (including phenoxy) is 1. The van der Waals surface area contributed by atoms with E-state index >= 15 is 0 Å². The summed E-state index contributed by atoms with van der Waals surface area (Å²) in [5, 5.41) is 30.6. The van der Waals surface area contributed by atoms with Crippen LogP contribution in [0.4, 0.5) is 4.39 Å².